The molecule has 1 heteroatoms. The minimum Gasteiger partial charge on any atom is -0.295 e. The third-order valence-electron chi connectivity index (χ3n) is 2.60. The van der Waals surface area contributed by atoms with Crippen molar-refractivity contribution < 1.29 is 4.79 Å². The second-order valence-electron chi connectivity index (χ2n) is 3.77. The molecule has 0 N–H and O–H groups in total. The van der Waals surface area contributed by atoms with Crippen LogP contribution in [0.1, 0.15) is 33.1 Å². The molecule has 1 nitrogen and oxygen atoms in total. The van der Waals surface area contributed by atoms with Crippen LogP contribution in [0.25, 0.3) is 0 Å². The maximum absolute atomic E-state index is 11.2. The van der Waals surface area contributed by atoms with Crippen molar-refractivity contribution >= 4 is 5.78 Å². The van der Waals surface area contributed by atoms with Crippen LogP contribution in [0.3, 0.4) is 0 Å². The van der Waals surface area contributed by atoms with E-state index in [0.717, 1.165) is 24.8 Å². The summed E-state index contributed by atoms with van der Waals surface area (Å²) < 4.78 is 0. The Morgan fingerprint density at radius 3 is 2.64 bits per heavy atom. The van der Waals surface area contributed by atoms with Gasteiger partial charge in [-0.05, 0) is 30.3 Å². The van der Waals surface area contributed by atoms with E-state index < -0.39 is 0 Å². The summed E-state index contributed by atoms with van der Waals surface area (Å²) in [5, 5.41) is 0. The van der Waals surface area contributed by atoms with Crippen molar-refractivity contribution in [1.82, 2.24) is 0 Å². The minimum atomic E-state index is 0.287. The van der Waals surface area contributed by atoms with E-state index in [0.29, 0.717) is 11.8 Å². The lowest BCUT2D eigenvalue weighted by molar-refractivity contribution is -0.117. The highest BCUT2D eigenvalue weighted by molar-refractivity contribution is 5.95. The quantitative estimate of drug-likeness (QED) is 0.528. The van der Waals surface area contributed by atoms with E-state index in [9.17, 15) is 4.79 Å². The zero-order chi connectivity index (χ0) is 8.43. The van der Waals surface area contributed by atoms with Crippen LogP contribution in [0.2, 0.25) is 0 Å². The van der Waals surface area contributed by atoms with Gasteiger partial charge in [0.25, 0.3) is 0 Å². The zero-order valence-corrected chi connectivity index (χ0v) is 7.39. The van der Waals surface area contributed by atoms with Crippen LogP contribution >= 0.6 is 0 Å². The molecule has 1 aliphatic carbocycles. The fraction of sp³-hybridized carbons (Fsp3) is 0.700. The molecule has 0 aromatic heterocycles. The first kappa shape index (κ1) is 8.51. The topological polar surface area (TPSA) is 17.1 Å². The Bertz CT molecular complexity index is 179. The summed E-state index contributed by atoms with van der Waals surface area (Å²) in [4.78, 5) is 11.2. The monoisotopic (exact) mass is 152 g/mol. The molecule has 1 aliphatic rings. The predicted octanol–water partition coefficient (Wildman–Crippen LogP) is 2.57. The molecule has 1 atom stereocenters. The van der Waals surface area contributed by atoms with Gasteiger partial charge in [-0.3, -0.25) is 4.79 Å². The minimum absolute atomic E-state index is 0.287. The first-order valence-electron chi connectivity index (χ1n) is 4.32. The molecule has 1 fully saturated rings. The van der Waals surface area contributed by atoms with Gasteiger partial charge in [0.1, 0.15) is 0 Å². The highest BCUT2D eigenvalue weighted by Gasteiger charge is 2.24. The average molecular weight is 152 g/mol. The first-order chi connectivity index (χ1) is 5.11. The third-order valence-corrected chi connectivity index (χ3v) is 2.60. The van der Waals surface area contributed by atoms with Gasteiger partial charge in [0.2, 0.25) is 0 Å². The molecule has 1 saturated carbocycles. The summed E-state index contributed by atoms with van der Waals surface area (Å²) in [7, 11) is 0. The van der Waals surface area contributed by atoms with Crippen LogP contribution in [-0.2, 0) is 4.79 Å². The van der Waals surface area contributed by atoms with Crippen molar-refractivity contribution in [2.24, 2.45) is 11.8 Å². The van der Waals surface area contributed by atoms with Crippen molar-refractivity contribution in [3.05, 3.63) is 12.2 Å². The highest BCUT2D eigenvalue weighted by atomic mass is 16.1. The third kappa shape index (κ3) is 1.92. The summed E-state index contributed by atoms with van der Waals surface area (Å²) in [5.74, 6) is 1.54. The second kappa shape index (κ2) is 3.21. The Morgan fingerprint density at radius 1 is 1.55 bits per heavy atom. The van der Waals surface area contributed by atoms with Crippen molar-refractivity contribution in [2.45, 2.75) is 33.1 Å². The fourth-order valence-electron chi connectivity index (χ4n) is 1.55. The predicted molar refractivity (Wildman–Crippen MR) is 46.3 cm³/mol. The Balaban J connectivity index is 2.53. The van der Waals surface area contributed by atoms with Crippen molar-refractivity contribution in [1.29, 1.82) is 0 Å². The van der Waals surface area contributed by atoms with Gasteiger partial charge in [-0.15, -0.1) is 0 Å². The van der Waals surface area contributed by atoms with Crippen LogP contribution in [0.4, 0.5) is 0 Å². The van der Waals surface area contributed by atoms with Crippen LogP contribution in [0.5, 0.6) is 0 Å². The maximum Gasteiger partial charge on any atom is 0.158 e. The summed E-state index contributed by atoms with van der Waals surface area (Å²) in [6.45, 7) is 8.11. The molecule has 0 amide bonds. The van der Waals surface area contributed by atoms with E-state index in [2.05, 4.69) is 20.4 Å². The van der Waals surface area contributed by atoms with E-state index in [1.807, 2.05) is 0 Å². The molecule has 0 aromatic rings. The van der Waals surface area contributed by atoms with Crippen molar-refractivity contribution in [3.8, 4) is 0 Å². The number of rotatable bonds is 1. The summed E-state index contributed by atoms with van der Waals surface area (Å²) in [6.07, 6.45) is 2.81. The number of carbonyl (C=O) groups excluding carboxylic acids is 1. The van der Waals surface area contributed by atoms with Crippen molar-refractivity contribution in [3.63, 3.8) is 0 Å². The van der Waals surface area contributed by atoms with Gasteiger partial charge in [-0.1, -0.05) is 20.4 Å². The normalized spacial score (nSPS) is 26.3. The zero-order valence-electron chi connectivity index (χ0n) is 7.39. The molecule has 0 aromatic carbocycles. The van der Waals surface area contributed by atoms with Crippen LogP contribution < -0.4 is 0 Å². The highest BCUT2D eigenvalue weighted by Crippen LogP contribution is 2.29. The first-order valence-corrected chi connectivity index (χ1v) is 4.32. The van der Waals surface area contributed by atoms with E-state index in [-0.39, 0.29) is 5.78 Å². The molecule has 0 heterocycles. The van der Waals surface area contributed by atoms with Gasteiger partial charge in [-0.2, -0.15) is 0 Å². The molecule has 62 valence electrons. The lowest BCUT2D eigenvalue weighted by atomic mass is 9.79. The number of hydrogen-bond acceptors (Lipinski definition) is 1. The molecule has 11 heavy (non-hydrogen) atoms. The van der Waals surface area contributed by atoms with E-state index in [4.69, 9.17) is 0 Å². The van der Waals surface area contributed by atoms with E-state index in [1.165, 1.54) is 0 Å². The molecule has 1 rings (SSSR count). The number of Topliss-reactive ketones (excluding diaryl/α,β-unsaturated/α-hetero) is 1. The summed E-state index contributed by atoms with van der Waals surface area (Å²) in [6, 6.07) is 0. The number of allylic oxidation sites excluding steroid dienone is 1. The van der Waals surface area contributed by atoms with E-state index in [1.54, 1.807) is 0 Å². The number of hydrogen-bond donors (Lipinski definition) is 0. The summed E-state index contributed by atoms with van der Waals surface area (Å²) in [5.41, 5.74) is 0.835. The second-order valence-corrected chi connectivity index (χ2v) is 3.77. The number of carbonyl (C=O) groups is 1. The van der Waals surface area contributed by atoms with Crippen LogP contribution in [0.15, 0.2) is 12.2 Å². The molecule has 0 unspecified atom stereocenters. The molecule has 0 radical (unpaired) electrons. The molecular weight excluding hydrogens is 136 g/mol. The van der Waals surface area contributed by atoms with Crippen molar-refractivity contribution in [2.75, 3.05) is 0 Å². The smallest absolute Gasteiger partial charge is 0.158 e. The fourth-order valence-corrected chi connectivity index (χ4v) is 1.55. The molecule has 0 saturated heterocycles. The Hall–Kier alpha value is -0.590. The standard InChI is InChI=1S/C10H16O/c1-7(2)9-5-4-8(3)10(11)6-9/h7,9H,3-6H2,1-2H3/t9-/m0/s1. The van der Waals surface area contributed by atoms with E-state index >= 15 is 0 Å². The largest absolute Gasteiger partial charge is 0.295 e. The SMILES string of the molecule is C=C1CC[C@H](C(C)C)CC1=O. The number of ketones is 1. The van der Waals surface area contributed by atoms with Gasteiger partial charge in [0.15, 0.2) is 5.78 Å². The van der Waals surface area contributed by atoms with Gasteiger partial charge >= 0.3 is 0 Å². The van der Waals surface area contributed by atoms with Gasteiger partial charge < -0.3 is 0 Å². The Labute approximate surface area is 68.5 Å². The maximum atomic E-state index is 11.2. The lowest BCUT2D eigenvalue weighted by Gasteiger charge is -2.25. The molecule has 0 aliphatic heterocycles. The summed E-state index contributed by atoms with van der Waals surface area (Å²) >= 11 is 0. The average Bonchev–Trinajstić information content (AvgIpc) is 1.94. The molecule has 0 bridgehead atoms. The van der Waals surface area contributed by atoms with Crippen LogP contribution in [0, 0.1) is 11.8 Å². The van der Waals surface area contributed by atoms with Gasteiger partial charge in [-0.25, -0.2) is 0 Å². The van der Waals surface area contributed by atoms with Crippen LogP contribution in [-0.4, -0.2) is 5.78 Å². The van der Waals surface area contributed by atoms with Gasteiger partial charge in [0, 0.05) is 6.42 Å². The lowest BCUT2D eigenvalue weighted by Crippen LogP contribution is -2.20. The molecule has 0 spiro atoms. The Kier molecular flexibility index (Phi) is 2.48. The van der Waals surface area contributed by atoms with Gasteiger partial charge in [0.05, 0.1) is 0 Å². The molecular formula is C10H16O. The Morgan fingerprint density at radius 2 is 2.18 bits per heavy atom.